The summed E-state index contributed by atoms with van der Waals surface area (Å²) < 4.78 is 1.11. The summed E-state index contributed by atoms with van der Waals surface area (Å²) in [6, 6.07) is 0. The van der Waals surface area contributed by atoms with E-state index in [4.69, 9.17) is 0 Å². The van der Waals surface area contributed by atoms with Gasteiger partial charge in [0.25, 0.3) is 0 Å². The number of hydrogen-bond donors (Lipinski definition) is 0. The molecule has 0 spiro atoms. The lowest BCUT2D eigenvalue weighted by Gasteiger charge is -2.17. The molecule has 0 aliphatic heterocycles. The molecule has 2 heterocycles. The quantitative estimate of drug-likeness (QED) is 0.644. The summed E-state index contributed by atoms with van der Waals surface area (Å²) in [6.07, 6.45) is 1.59. The van der Waals surface area contributed by atoms with Crippen molar-refractivity contribution in [3.05, 3.63) is 17.5 Å². The first-order valence-corrected chi connectivity index (χ1v) is 5.01. The van der Waals surface area contributed by atoms with E-state index in [-0.39, 0.29) is 5.41 Å². The number of nitrogens with zero attached hydrogens (tertiary/aromatic N) is 3. The fraction of sp³-hybridized carbons (Fsp3) is 0.444. The summed E-state index contributed by atoms with van der Waals surface area (Å²) in [6.45, 7) is 6.44. The molecule has 2 rings (SSSR count). The Balaban J connectivity index is 2.75. The van der Waals surface area contributed by atoms with E-state index in [1.54, 1.807) is 17.7 Å². The van der Waals surface area contributed by atoms with Gasteiger partial charge in [0.2, 0.25) is 0 Å². The van der Waals surface area contributed by atoms with Gasteiger partial charge in [-0.25, -0.2) is 15.0 Å². The summed E-state index contributed by atoms with van der Waals surface area (Å²) in [5.41, 5.74) is 3.77. The highest BCUT2D eigenvalue weighted by molar-refractivity contribution is 7.16. The van der Waals surface area contributed by atoms with Crippen LogP contribution in [0.3, 0.4) is 0 Å². The van der Waals surface area contributed by atoms with Crippen molar-refractivity contribution in [2.45, 2.75) is 26.2 Å². The summed E-state index contributed by atoms with van der Waals surface area (Å²) in [7, 11) is 0. The molecule has 0 aliphatic rings. The first kappa shape index (κ1) is 8.56. The summed E-state index contributed by atoms with van der Waals surface area (Å²) in [5.74, 6) is 0. The van der Waals surface area contributed by atoms with Crippen molar-refractivity contribution < 1.29 is 0 Å². The zero-order valence-electron chi connectivity index (χ0n) is 7.90. The second-order valence-corrected chi connectivity index (χ2v) is 4.83. The predicted octanol–water partition coefficient (Wildman–Crippen LogP) is 2.38. The van der Waals surface area contributed by atoms with Gasteiger partial charge in [-0.05, 0) is 0 Å². The van der Waals surface area contributed by atoms with Crippen LogP contribution < -0.4 is 0 Å². The second kappa shape index (κ2) is 2.73. The van der Waals surface area contributed by atoms with E-state index in [1.165, 1.54) is 0 Å². The molecule has 0 radical (unpaired) electrons. The van der Waals surface area contributed by atoms with E-state index in [0.29, 0.717) is 0 Å². The number of rotatable bonds is 0. The Morgan fingerprint density at radius 2 is 1.92 bits per heavy atom. The third-order valence-electron chi connectivity index (χ3n) is 1.84. The van der Waals surface area contributed by atoms with Crippen molar-refractivity contribution in [3.63, 3.8) is 0 Å². The van der Waals surface area contributed by atoms with Crippen molar-refractivity contribution in [2.75, 3.05) is 0 Å². The lowest BCUT2D eigenvalue weighted by Crippen LogP contribution is -2.13. The molecule has 0 atom stereocenters. The Morgan fingerprint density at radius 1 is 1.15 bits per heavy atom. The molecule has 0 amide bonds. The van der Waals surface area contributed by atoms with Gasteiger partial charge in [0, 0.05) is 5.41 Å². The highest BCUT2D eigenvalue weighted by Crippen LogP contribution is 2.28. The van der Waals surface area contributed by atoms with Crippen molar-refractivity contribution in [3.8, 4) is 0 Å². The molecule has 0 bridgehead atoms. The highest BCUT2D eigenvalue weighted by Gasteiger charge is 2.19. The summed E-state index contributed by atoms with van der Waals surface area (Å²) in [4.78, 5) is 12.6. The fourth-order valence-electron chi connectivity index (χ4n) is 1.23. The molecule has 0 saturated carbocycles. The molecule has 0 aliphatic carbocycles. The smallest absolute Gasteiger partial charge is 0.173 e. The molecule has 13 heavy (non-hydrogen) atoms. The fourth-order valence-corrected chi connectivity index (χ4v) is 2.17. The van der Waals surface area contributed by atoms with Gasteiger partial charge in [0.05, 0.1) is 15.9 Å². The average molecular weight is 193 g/mol. The van der Waals surface area contributed by atoms with Gasteiger partial charge in [-0.3, -0.25) is 0 Å². The number of fused-ring (bicyclic) bond motifs is 1. The van der Waals surface area contributed by atoms with E-state index < -0.39 is 0 Å². The van der Waals surface area contributed by atoms with Gasteiger partial charge in [-0.15, -0.1) is 11.3 Å². The van der Waals surface area contributed by atoms with Crippen LogP contribution in [0.5, 0.6) is 0 Å². The first-order chi connectivity index (χ1) is 6.09. The zero-order valence-corrected chi connectivity index (χ0v) is 8.72. The molecular weight excluding hydrogens is 182 g/mol. The lowest BCUT2D eigenvalue weighted by atomic mass is 9.92. The Hall–Kier alpha value is -1.03. The van der Waals surface area contributed by atoms with Crippen LogP contribution in [0, 0.1) is 0 Å². The van der Waals surface area contributed by atoms with E-state index in [0.717, 1.165) is 16.0 Å². The lowest BCUT2D eigenvalue weighted by molar-refractivity contribution is 0.575. The maximum Gasteiger partial charge on any atom is 0.173 e. The Morgan fingerprint density at radius 3 is 2.62 bits per heavy atom. The first-order valence-electron chi connectivity index (χ1n) is 4.14. The third kappa shape index (κ3) is 1.42. The third-order valence-corrected chi connectivity index (χ3v) is 2.66. The van der Waals surface area contributed by atoms with Gasteiger partial charge in [0.1, 0.15) is 6.33 Å². The van der Waals surface area contributed by atoms with Gasteiger partial charge in [-0.1, -0.05) is 20.8 Å². The zero-order chi connectivity index (χ0) is 9.47. The molecule has 2 aromatic rings. The SMILES string of the molecule is CC(C)(C)c1ncnc2ncsc12. The monoisotopic (exact) mass is 193 g/mol. The van der Waals surface area contributed by atoms with E-state index in [9.17, 15) is 0 Å². The van der Waals surface area contributed by atoms with Gasteiger partial charge >= 0.3 is 0 Å². The number of thiazole rings is 1. The van der Waals surface area contributed by atoms with Crippen LogP contribution in [-0.4, -0.2) is 15.0 Å². The maximum atomic E-state index is 4.31. The van der Waals surface area contributed by atoms with Gasteiger partial charge in [-0.2, -0.15) is 0 Å². The Bertz CT molecular complexity index is 428. The van der Waals surface area contributed by atoms with Crippen LogP contribution in [0.1, 0.15) is 26.5 Å². The van der Waals surface area contributed by atoms with Crippen LogP contribution >= 0.6 is 11.3 Å². The molecule has 0 aromatic carbocycles. The normalized spacial score (nSPS) is 12.2. The molecule has 3 nitrogen and oxygen atoms in total. The Kier molecular flexibility index (Phi) is 1.80. The highest BCUT2D eigenvalue weighted by atomic mass is 32.1. The van der Waals surface area contributed by atoms with Crippen LogP contribution in [0.2, 0.25) is 0 Å². The van der Waals surface area contributed by atoms with Crippen molar-refractivity contribution in [2.24, 2.45) is 0 Å². The van der Waals surface area contributed by atoms with Crippen molar-refractivity contribution >= 4 is 21.7 Å². The molecule has 0 unspecified atom stereocenters. The molecule has 0 N–H and O–H groups in total. The van der Waals surface area contributed by atoms with E-state index >= 15 is 0 Å². The maximum absolute atomic E-state index is 4.31. The second-order valence-electron chi connectivity index (χ2n) is 3.98. The standard InChI is InChI=1S/C9H11N3S/c1-9(2,3)7-6-8(11-4-10-7)12-5-13-6/h4-5H,1-3H3. The summed E-state index contributed by atoms with van der Waals surface area (Å²) >= 11 is 1.60. The summed E-state index contributed by atoms with van der Waals surface area (Å²) in [5, 5.41) is 0. The molecule has 4 heteroatoms. The van der Waals surface area contributed by atoms with Crippen molar-refractivity contribution in [1.29, 1.82) is 0 Å². The average Bonchev–Trinajstić information content (AvgIpc) is 2.48. The topological polar surface area (TPSA) is 38.7 Å². The van der Waals surface area contributed by atoms with Crippen molar-refractivity contribution in [1.82, 2.24) is 15.0 Å². The van der Waals surface area contributed by atoms with E-state index in [1.807, 2.05) is 5.51 Å². The van der Waals surface area contributed by atoms with Crippen LogP contribution in [-0.2, 0) is 5.41 Å². The van der Waals surface area contributed by atoms with E-state index in [2.05, 4.69) is 35.7 Å². The predicted molar refractivity (Wildman–Crippen MR) is 53.9 cm³/mol. The van der Waals surface area contributed by atoms with Crippen LogP contribution in [0.15, 0.2) is 11.8 Å². The van der Waals surface area contributed by atoms with Gasteiger partial charge < -0.3 is 0 Å². The molecule has 2 aromatic heterocycles. The number of hydrogen-bond acceptors (Lipinski definition) is 4. The molecule has 68 valence electrons. The minimum atomic E-state index is 0.0632. The van der Waals surface area contributed by atoms with Crippen LogP contribution in [0.25, 0.3) is 10.3 Å². The van der Waals surface area contributed by atoms with Gasteiger partial charge in [0.15, 0.2) is 5.65 Å². The Labute approximate surface area is 80.9 Å². The number of aromatic nitrogens is 3. The van der Waals surface area contributed by atoms with Crippen LogP contribution in [0.4, 0.5) is 0 Å². The molecular formula is C9H11N3S. The molecule has 0 saturated heterocycles. The molecule has 0 fully saturated rings. The minimum absolute atomic E-state index is 0.0632. The largest absolute Gasteiger partial charge is 0.239 e. The minimum Gasteiger partial charge on any atom is -0.239 e.